The van der Waals surface area contributed by atoms with Crippen molar-refractivity contribution in [3.05, 3.63) is 4.65 Å². The molecule has 1 rings (SSSR count). The van der Waals surface area contributed by atoms with E-state index in [1.165, 1.54) is 12.8 Å². The van der Waals surface area contributed by atoms with Crippen LogP contribution in [0.4, 0.5) is 0 Å². The Hall–Kier alpha value is 2.41. The number of nitrogens with zero attached hydrogens (tertiary/aromatic N) is 1. The van der Waals surface area contributed by atoms with Crippen molar-refractivity contribution in [2.45, 2.75) is 91.0 Å². The van der Waals surface area contributed by atoms with Gasteiger partial charge in [0.05, 0.1) is 11.2 Å². The molecule has 0 bridgehead atoms. The van der Waals surface area contributed by atoms with Crippen LogP contribution in [0.3, 0.4) is 0 Å². The molecule has 0 amide bonds. The Labute approximate surface area is 182 Å². The second-order valence-corrected chi connectivity index (χ2v) is 18.2. The van der Waals surface area contributed by atoms with E-state index >= 15 is 0 Å². The predicted molar refractivity (Wildman–Crippen MR) is 88.5 cm³/mol. The van der Waals surface area contributed by atoms with Gasteiger partial charge in [-0.1, -0.05) is 55.8 Å². The smallest absolute Gasteiger partial charge is 0.668 e. The third-order valence-electron chi connectivity index (χ3n) is 2.55. The molecular formula is C14H34CsNOSi2. The van der Waals surface area contributed by atoms with Crippen molar-refractivity contribution >= 4 is 16.5 Å². The Kier molecular flexibility index (Phi) is 10.4. The number of ether oxygens (including phenoxy) is 1. The summed E-state index contributed by atoms with van der Waals surface area (Å²) in [6.07, 6.45) is 2.39. The van der Waals surface area contributed by atoms with Gasteiger partial charge in [-0.2, -0.15) is 0 Å². The first-order valence-corrected chi connectivity index (χ1v) is 14.0. The van der Waals surface area contributed by atoms with E-state index < -0.39 is 16.5 Å². The van der Waals surface area contributed by atoms with Crippen molar-refractivity contribution in [1.82, 2.24) is 0 Å². The Morgan fingerprint density at radius 3 is 1.05 bits per heavy atom. The molecule has 0 radical (unpaired) electrons. The van der Waals surface area contributed by atoms with Crippen LogP contribution < -0.4 is 68.9 Å². The maximum absolute atomic E-state index is 5.74. The van der Waals surface area contributed by atoms with Gasteiger partial charge in [0.1, 0.15) is 0 Å². The van der Waals surface area contributed by atoms with Crippen LogP contribution in [0.5, 0.6) is 0 Å². The third-order valence-corrected chi connectivity index (χ3v) is 7.92. The summed E-state index contributed by atoms with van der Waals surface area (Å²) in [6, 6.07) is 0. The van der Waals surface area contributed by atoms with Gasteiger partial charge in [0.25, 0.3) is 0 Å². The third kappa shape index (κ3) is 15.1. The fraction of sp³-hybridized carbons (Fsp3) is 1.00. The average Bonchev–Trinajstić information content (AvgIpc) is 2.16. The minimum Gasteiger partial charge on any atom is -0.668 e. The first-order valence-electron chi connectivity index (χ1n) is 7.06. The van der Waals surface area contributed by atoms with Gasteiger partial charge in [-0.15, -0.1) is 0 Å². The van der Waals surface area contributed by atoms with E-state index in [2.05, 4.69) is 67.0 Å². The van der Waals surface area contributed by atoms with Crippen LogP contribution in [-0.2, 0) is 4.74 Å². The van der Waals surface area contributed by atoms with Gasteiger partial charge in [-0.05, 0) is 40.5 Å². The van der Waals surface area contributed by atoms with Gasteiger partial charge < -0.3 is 9.38 Å². The first-order chi connectivity index (χ1) is 7.62. The van der Waals surface area contributed by atoms with Crippen molar-refractivity contribution in [2.75, 3.05) is 0 Å². The molecule has 0 aromatic rings. The molecule has 0 unspecified atom stereocenters. The van der Waals surface area contributed by atoms with Crippen LogP contribution in [0.1, 0.15) is 40.5 Å². The largest absolute Gasteiger partial charge is 1.00 e. The number of rotatable bonds is 2. The van der Waals surface area contributed by atoms with Gasteiger partial charge in [-0.3, -0.25) is 0 Å². The molecule has 2 nitrogen and oxygen atoms in total. The van der Waals surface area contributed by atoms with Gasteiger partial charge in [0.15, 0.2) is 0 Å². The van der Waals surface area contributed by atoms with Crippen molar-refractivity contribution < 1.29 is 73.6 Å². The summed E-state index contributed by atoms with van der Waals surface area (Å²) in [6.45, 7) is 22.4. The molecule has 1 aliphatic heterocycles. The molecule has 0 N–H and O–H groups in total. The standard InChI is InChI=1S/C8H16O.C6H18NSi2.Cs/c1-7(2)5-6-8(3,4)9-7;1-8(2,3)7-9(4,5)6;/h5-6H2,1-4H3;1-6H3;/q;-1;+1. The molecule has 1 fully saturated rings. The Bertz CT molecular complexity index is 242. The molecule has 0 aliphatic carbocycles. The molecule has 19 heavy (non-hydrogen) atoms. The van der Waals surface area contributed by atoms with Crippen LogP contribution in [0.25, 0.3) is 4.65 Å². The summed E-state index contributed by atoms with van der Waals surface area (Å²) in [7, 11) is -2.21. The van der Waals surface area contributed by atoms with E-state index in [-0.39, 0.29) is 80.1 Å². The average molecular weight is 422 g/mol. The maximum atomic E-state index is 5.74. The van der Waals surface area contributed by atoms with Crippen LogP contribution in [0, 0.1) is 0 Å². The normalized spacial score (nSPS) is 21.2. The Morgan fingerprint density at radius 1 is 0.737 bits per heavy atom. The molecule has 110 valence electrons. The molecule has 1 heterocycles. The van der Waals surface area contributed by atoms with E-state index in [1.807, 2.05) is 0 Å². The van der Waals surface area contributed by atoms with Crippen LogP contribution >= 0.6 is 0 Å². The second-order valence-electron chi connectivity index (χ2n) is 8.57. The van der Waals surface area contributed by atoms with Gasteiger partial charge in [0, 0.05) is 0 Å². The van der Waals surface area contributed by atoms with E-state index in [9.17, 15) is 0 Å². The molecule has 1 saturated heterocycles. The van der Waals surface area contributed by atoms with Gasteiger partial charge >= 0.3 is 68.9 Å². The topological polar surface area (TPSA) is 23.3 Å². The first kappa shape index (κ1) is 23.7. The SMILES string of the molecule is CC1(C)CCC(C)(C)O1.C[Si](C)(C)[N-][Si](C)(C)C.[Cs+]. The summed E-state index contributed by atoms with van der Waals surface area (Å²) in [5.74, 6) is 0. The molecule has 0 aromatic heterocycles. The summed E-state index contributed by atoms with van der Waals surface area (Å²) < 4.78 is 10.6. The van der Waals surface area contributed by atoms with Gasteiger partial charge in [-0.25, -0.2) is 0 Å². The molecule has 5 heteroatoms. The molecule has 1 aliphatic rings. The summed E-state index contributed by atoms with van der Waals surface area (Å²) in [5.41, 5.74) is 0.257. The summed E-state index contributed by atoms with van der Waals surface area (Å²) in [5, 5.41) is 0. The zero-order valence-corrected chi connectivity index (χ0v) is 23.5. The van der Waals surface area contributed by atoms with Crippen molar-refractivity contribution in [3.63, 3.8) is 0 Å². The zero-order valence-electron chi connectivity index (χ0n) is 15.3. The zero-order chi connectivity index (χ0) is 14.8. The monoisotopic (exact) mass is 421 g/mol. The van der Waals surface area contributed by atoms with Crippen LogP contribution in [-0.4, -0.2) is 27.7 Å². The van der Waals surface area contributed by atoms with Crippen LogP contribution in [0.15, 0.2) is 0 Å². The fourth-order valence-electron chi connectivity index (χ4n) is 2.46. The van der Waals surface area contributed by atoms with E-state index in [0.29, 0.717) is 0 Å². The molecule has 0 atom stereocenters. The predicted octanol–water partition coefficient (Wildman–Crippen LogP) is 2.39. The quantitative estimate of drug-likeness (QED) is 0.628. The molecular weight excluding hydrogens is 387 g/mol. The number of hydrogen-bond acceptors (Lipinski definition) is 1. The van der Waals surface area contributed by atoms with E-state index in [1.54, 1.807) is 0 Å². The minimum absolute atomic E-state index is 0. The van der Waals surface area contributed by atoms with Crippen molar-refractivity contribution in [2.24, 2.45) is 0 Å². The van der Waals surface area contributed by atoms with Crippen molar-refractivity contribution in [3.8, 4) is 0 Å². The maximum Gasteiger partial charge on any atom is 1.00 e. The summed E-state index contributed by atoms with van der Waals surface area (Å²) in [4.78, 5) is 0. The Morgan fingerprint density at radius 2 is 1.00 bits per heavy atom. The van der Waals surface area contributed by atoms with E-state index in [0.717, 1.165) is 0 Å². The minimum atomic E-state index is -1.11. The van der Waals surface area contributed by atoms with Gasteiger partial charge in [0.2, 0.25) is 0 Å². The second kappa shape index (κ2) is 8.31. The van der Waals surface area contributed by atoms with Crippen LogP contribution in [0.2, 0.25) is 39.3 Å². The van der Waals surface area contributed by atoms with Crippen molar-refractivity contribution in [1.29, 1.82) is 0 Å². The molecule has 0 saturated carbocycles. The fourth-order valence-corrected chi connectivity index (χ4v) is 10.5. The van der Waals surface area contributed by atoms with E-state index in [4.69, 9.17) is 9.38 Å². The number of hydrogen-bond donors (Lipinski definition) is 0. The molecule has 0 spiro atoms. The molecule has 0 aromatic carbocycles. The summed E-state index contributed by atoms with van der Waals surface area (Å²) >= 11 is 0. The Balaban J connectivity index is 0.